The number of halogens is 1. The summed E-state index contributed by atoms with van der Waals surface area (Å²) < 4.78 is 5.67. The maximum Gasteiger partial charge on any atom is 0.414 e. The molecule has 0 aromatic heterocycles. The standard InChI is InChI=1S/C13H20ClNO.C2H2O4/c1-10-6-5-7-11(14)12(10)16-9-8-15-13(2,3)4;3-1(4)2(5)6/h5-7,15H,8-9H2,1-4H3;(H,3,4)(H,5,6). The number of carboxylic acid groups (broad SMARTS) is 2. The number of aliphatic carboxylic acids is 2. The maximum absolute atomic E-state index is 9.10. The Balaban J connectivity index is 0.000000626. The van der Waals surface area contributed by atoms with Gasteiger partial charge in [-0.25, -0.2) is 9.59 Å². The normalized spacial score (nSPS) is 10.4. The van der Waals surface area contributed by atoms with Crippen molar-refractivity contribution in [2.75, 3.05) is 13.2 Å². The number of carbonyl (C=O) groups is 2. The molecule has 0 unspecified atom stereocenters. The third-order valence-electron chi connectivity index (χ3n) is 2.35. The van der Waals surface area contributed by atoms with Gasteiger partial charge in [-0.2, -0.15) is 0 Å². The van der Waals surface area contributed by atoms with Crippen LogP contribution in [0.2, 0.25) is 5.02 Å². The van der Waals surface area contributed by atoms with Gasteiger partial charge in [-0.05, 0) is 39.3 Å². The predicted molar refractivity (Wildman–Crippen MR) is 84.7 cm³/mol. The van der Waals surface area contributed by atoms with E-state index in [1.54, 1.807) is 0 Å². The summed E-state index contributed by atoms with van der Waals surface area (Å²) in [5, 5.41) is 18.8. The monoisotopic (exact) mass is 331 g/mol. The van der Waals surface area contributed by atoms with Gasteiger partial charge in [-0.3, -0.25) is 0 Å². The fraction of sp³-hybridized carbons (Fsp3) is 0.467. The number of hydrogen-bond acceptors (Lipinski definition) is 4. The predicted octanol–water partition coefficient (Wildman–Crippen LogP) is 2.57. The molecule has 0 heterocycles. The Morgan fingerprint density at radius 1 is 1.23 bits per heavy atom. The van der Waals surface area contributed by atoms with Gasteiger partial charge in [-0.15, -0.1) is 0 Å². The van der Waals surface area contributed by atoms with Crippen LogP contribution in [-0.2, 0) is 9.59 Å². The van der Waals surface area contributed by atoms with Crippen molar-refractivity contribution >= 4 is 23.5 Å². The van der Waals surface area contributed by atoms with E-state index >= 15 is 0 Å². The van der Waals surface area contributed by atoms with E-state index in [0.29, 0.717) is 11.6 Å². The van der Waals surface area contributed by atoms with Crippen molar-refractivity contribution in [3.63, 3.8) is 0 Å². The molecule has 124 valence electrons. The Bertz CT molecular complexity index is 479. The van der Waals surface area contributed by atoms with E-state index in [9.17, 15) is 0 Å². The number of benzene rings is 1. The van der Waals surface area contributed by atoms with E-state index in [1.165, 1.54) is 0 Å². The molecule has 0 amide bonds. The van der Waals surface area contributed by atoms with Crippen LogP contribution in [0.5, 0.6) is 5.75 Å². The average molecular weight is 332 g/mol. The summed E-state index contributed by atoms with van der Waals surface area (Å²) in [5.41, 5.74) is 1.20. The summed E-state index contributed by atoms with van der Waals surface area (Å²) in [4.78, 5) is 18.2. The molecular weight excluding hydrogens is 310 g/mol. The number of ether oxygens (including phenoxy) is 1. The molecule has 6 nitrogen and oxygen atoms in total. The van der Waals surface area contributed by atoms with Crippen LogP contribution in [0.3, 0.4) is 0 Å². The van der Waals surface area contributed by atoms with Crippen molar-refractivity contribution < 1.29 is 24.5 Å². The molecule has 0 aliphatic heterocycles. The Morgan fingerprint density at radius 2 is 1.77 bits per heavy atom. The molecule has 0 radical (unpaired) electrons. The van der Waals surface area contributed by atoms with Crippen molar-refractivity contribution in [1.82, 2.24) is 5.32 Å². The summed E-state index contributed by atoms with van der Waals surface area (Å²) in [6, 6.07) is 5.78. The van der Waals surface area contributed by atoms with Gasteiger partial charge in [0.05, 0.1) is 5.02 Å². The van der Waals surface area contributed by atoms with E-state index in [2.05, 4.69) is 26.1 Å². The van der Waals surface area contributed by atoms with E-state index in [0.717, 1.165) is 17.9 Å². The summed E-state index contributed by atoms with van der Waals surface area (Å²) in [6.07, 6.45) is 0. The second-order valence-corrected chi connectivity index (χ2v) is 5.93. The molecule has 1 aromatic rings. The Morgan fingerprint density at radius 3 is 2.18 bits per heavy atom. The Kier molecular flexibility index (Phi) is 8.52. The zero-order valence-corrected chi connectivity index (χ0v) is 13.9. The van der Waals surface area contributed by atoms with Gasteiger partial charge in [-0.1, -0.05) is 23.7 Å². The minimum absolute atomic E-state index is 0.124. The van der Waals surface area contributed by atoms with Crippen LogP contribution in [0.25, 0.3) is 0 Å². The van der Waals surface area contributed by atoms with Crippen LogP contribution in [0, 0.1) is 6.92 Å². The number of para-hydroxylation sites is 1. The first kappa shape index (κ1) is 20.2. The molecule has 22 heavy (non-hydrogen) atoms. The van der Waals surface area contributed by atoms with Gasteiger partial charge in [0.25, 0.3) is 0 Å². The lowest BCUT2D eigenvalue weighted by molar-refractivity contribution is -0.159. The van der Waals surface area contributed by atoms with Crippen molar-refractivity contribution in [2.45, 2.75) is 33.2 Å². The molecule has 0 bridgehead atoms. The van der Waals surface area contributed by atoms with E-state index in [-0.39, 0.29) is 5.54 Å². The molecule has 0 spiro atoms. The van der Waals surface area contributed by atoms with Crippen molar-refractivity contribution in [1.29, 1.82) is 0 Å². The quantitative estimate of drug-likeness (QED) is 0.579. The minimum atomic E-state index is -1.82. The topological polar surface area (TPSA) is 95.9 Å². The van der Waals surface area contributed by atoms with E-state index in [4.69, 9.17) is 36.1 Å². The largest absolute Gasteiger partial charge is 0.490 e. The molecule has 0 atom stereocenters. The fourth-order valence-corrected chi connectivity index (χ4v) is 1.65. The lowest BCUT2D eigenvalue weighted by Gasteiger charge is -2.20. The number of carboxylic acids is 2. The molecule has 0 saturated carbocycles. The Labute approximate surface area is 135 Å². The average Bonchev–Trinajstić information content (AvgIpc) is 2.36. The summed E-state index contributed by atoms with van der Waals surface area (Å²) in [5.74, 6) is -2.86. The maximum atomic E-state index is 9.10. The third-order valence-corrected chi connectivity index (χ3v) is 2.65. The summed E-state index contributed by atoms with van der Waals surface area (Å²) >= 11 is 6.05. The minimum Gasteiger partial charge on any atom is -0.490 e. The van der Waals surface area contributed by atoms with Gasteiger partial charge in [0, 0.05) is 12.1 Å². The highest BCUT2D eigenvalue weighted by Gasteiger charge is 2.09. The zero-order chi connectivity index (χ0) is 17.3. The smallest absolute Gasteiger partial charge is 0.414 e. The van der Waals surface area contributed by atoms with Gasteiger partial charge in [0.1, 0.15) is 12.4 Å². The third kappa shape index (κ3) is 9.20. The lowest BCUT2D eigenvalue weighted by atomic mass is 10.1. The van der Waals surface area contributed by atoms with Gasteiger partial charge >= 0.3 is 11.9 Å². The van der Waals surface area contributed by atoms with Gasteiger partial charge in [0.2, 0.25) is 0 Å². The molecule has 0 aliphatic carbocycles. The van der Waals surface area contributed by atoms with Crippen LogP contribution in [-0.4, -0.2) is 40.8 Å². The van der Waals surface area contributed by atoms with Crippen LogP contribution in [0.15, 0.2) is 18.2 Å². The molecule has 0 saturated heterocycles. The number of rotatable bonds is 4. The van der Waals surface area contributed by atoms with Crippen molar-refractivity contribution in [2.24, 2.45) is 0 Å². The molecule has 1 rings (SSSR count). The second kappa shape index (κ2) is 9.27. The Hall–Kier alpha value is -1.79. The van der Waals surface area contributed by atoms with E-state index < -0.39 is 11.9 Å². The van der Waals surface area contributed by atoms with E-state index in [1.807, 2.05) is 25.1 Å². The van der Waals surface area contributed by atoms with Gasteiger partial charge in [0.15, 0.2) is 0 Å². The molecular formula is C15H22ClNO5. The van der Waals surface area contributed by atoms with Crippen LogP contribution in [0.1, 0.15) is 26.3 Å². The molecule has 3 N–H and O–H groups in total. The summed E-state index contributed by atoms with van der Waals surface area (Å²) in [6.45, 7) is 9.84. The van der Waals surface area contributed by atoms with Crippen LogP contribution in [0.4, 0.5) is 0 Å². The first-order valence-corrected chi connectivity index (χ1v) is 7.01. The van der Waals surface area contributed by atoms with Crippen LogP contribution >= 0.6 is 11.6 Å². The molecule has 7 heteroatoms. The lowest BCUT2D eigenvalue weighted by Crippen LogP contribution is -2.38. The molecule has 1 aromatic carbocycles. The highest BCUT2D eigenvalue weighted by Crippen LogP contribution is 2.27. The first-order valence-electron chi connectivity index (χ1n) is 6.63. The van der Waals surface area contributed by atoms with Crippen molar-refractivity contribution in [3.8, 4) is 5.75 Å². The second-order valence-electron chi connectivity index (χ2n) is 5.52. The molecule has 0 fully saturated rings. The molecule has 0 aliphatic rings. The SMILES string of the molecule is Cc1cccc(Cl)c1OCCNC(C)(C)C.O=C(O)C(=O)O. The zero-order valence-electron chi connectivity index (χ0n) is 13.1. The first-order chi connectivity index (χ1) is 10.0. The number of nitrogens with one attached hydrogen (secondary N) is 1. The summed E-state index contributed by atoms with van der Waals surface area (Å²) in [7, 11) is 0. The number of hydrogen-bond donors (Lipinski definition) is 3. The van der Waals surface area contributed by atoms with Gasteiger partial charge < -0.3 is 20.3 Å². The van der Waals surface area contributed by atoms with Crippen LogP contribution < -0.4 is 10.1 Å². The van der Waals surface area contributed by atoms with Crippen molar-refractivity contribution in [3.05, 3.63) is 28.8 Å². The highest BCUT2D eigenvalue weighted by atomic mass is 35.5. The fourth-order valence-electron chi connectivity index (χ4n) is 1.38. The highest BCUT2D eigenvalue weighted by molar-refractivity contribution is 6.32. The number of aryl methyl sites for hydroxylation is 1.